The average molecular weight is 288 g/mol. The number of aryl methyl sites for hydroxylation is 2. The molecule has 0 saturated carbocycles. The van der Waals surface area contributed by atoms with Gasteiger partial charge in [0.15, 0.2) is 6.61 Å². The van der Waals surface area contributed by atoms with Gasteiger partial charge in [0.1, 0.15) is 5.75 Å². The third kappa shape index (κ3) is 3.98. The maximum atomic E-state index is 11.2. The average Bonchev–Trinajstić information content (AvgIpc) is 2.82. The van der Waals surface area contributed by atoms with Crippen molar-refractivity contribution in [3.63, 3.8) is 0 Å². The lowest BCUT2D eigenvalue weighted by atomic mass is 10.2. The number of benzene rings is 1. The van der Waals surface area contributed by atoms with Crippen LogP contribution in [0.4, 0.5) is 5.69 Å². The van der Waals surface area contributed by atoms with Crippen molar-refractivity contribution in [3.05, 3.63) is 41.2 Å². The van der Waals surface area contributed by atoms with Gasteiger partial charge in [-0.05, 0) is 26.0 Å². The second kappa shape index (κ2) is 6.78. The fourth-order valence-electron chi connectivity index (χ4n) is 1.94. The Hall–Kier alpha value is -2.50. The lowest BCUT2D eigenvalue weighted by molar-refractivity contribution is -0.122. The number of carbonyl (C=O) groups is 1. The van der Waals surface area contributed by atoms with E-state index >= 15 is 0 Å². The standard InChI is InChI=1S/C15H20N4O2/c1-10-14(11(2)19-18-10)8-17-12-5-4-6-13(7-12)21-9-15(20)16-3/h4-7,17H,8-9H2,1-3H3,(H,16,20)(H,18,19). The van der Waals surface area contributed by atoms with E-state index in [4.69, 9.17) is 4.74 Å². The van der Waals surface area contributed by atoms with Crippen molar-refractivity contribution >= 4 is 11.6 Å². The Bertz CT molecular complexity index is 602. The summed E-state index contributed by atoms with van der Waals surface area (Å²) in [5.41, 5.74) is 4.15. The highest BCUT2D eigenvalue weighted by molar-refractivity contribution is 5.77. The van der Waals surface area contributed by atoms with E-state index in [0.29, 0.717) is 12.3 Å². The van der Waals surface area contributed by atoms with E-state index in [0.717, 1.165) is 22.6 Å². The molecule has 6 heteroatoms. The first-order valence-electron chi connectivity index (χ1n) is 6.78. The first-order chi connectivity index (χ1) is 10.1. The molecule has 1 aromatic heterocycles. The van der Waals surface area contributed by atoms with Crippen molar-refractivity contribution in [2.75, 3.05) is 19.0 Å². The smallest absolute Gasteiger partial charge is 0.257 e. The topological polar surface area (TPSA) is 79.0 Å². The van der Waals surface area contributed by atoms with Crippen LogP contribution < -0.4 is 15.4 Å². The first-order valence-corrected chi connectivity index (χ1v) is 6.78. The summed E-state index contributed by atoms with van der Waals surface area (Å²) >= 11 is 0. The monoisotopic (exact) mass is 288 g/mol. The number of anilines is 1. The number of H-pyrrole nitrogens is 1. The van der Waals surface area contributed by atoms with Gasteiger partial charge in [0.05, 0.1) is 5.69 Å². The van der Waals surface area contributed by atoms with Crippen LogP contribution in [0.25, 0.3) is 0 Å². The number of hydrogen-bond acceptors (Lipinski definition) is 4. The van der Waals surface area contributed by atoms with Gasteiger partial charge < -0.3 is 15.4 Å². The summed E-state index contributed by atoms with van der Waals surface area (Å²) in [5, 5.41) is 13.0. The van der Waals surface area contributed by atoms with Gasteiger partial charge in [0.2, 0.25) is 0 Å². The van der Waals surface area contributed by atoms with Gasteiger partial charge in [0, 0.05) is 36.6 Å². The number of nitrogens with zero attached hydrogens (tertiary/aromatic N) is 1. The maximum Gasteiger partial charge on any atom is 0.257 e. The molecule has 0 atom stereocenters. The van der Waals surface area contributed by atoms with E-state index in [9.17, 15) is 4.79 Å². The minimum atomic E-state index is -0.155. The second-order valence-electron chi connectivity index (χ2n) is 4.76. The molecule has 0 unspecified atom stereocenters. The van der Waals surface area contributed by atoms with E-state index in [2.05, 4.69) is 20.8 Å². The Kier molecular flexibility index (Phi) is 4.81. The summed E-state index contributed by atoms with van der Waals surface area (Å²) < 4.78 is 5.41. The number of rotatable bonds is 6. The fourth-order valence-corrected chi connectivity index (χ4v) is 1.94. The molecule has 21 heavy (non-hydrogen) atoms. The highest BCUT2D eigenvalue weighted by Crippen LogP contribution is 2.19. The highest BCUT2D eigenvalue weighted by atomic mass is 16.5. The molecular formula is C15H20N4O2. The first kappa shape index (κ1) is 14.9. The summed E-state index contributed by atoms with van der Waals surface area (Å²) in [6, 6.07) is 7.53. The molecule has 2 aromatic rings. The summed E-state index contributed by atoms with van der Waals surface area (Å²) in [7, 11) is 1.58. The molecule has 0 aliphatic heterocycles. The zero-order chi connectivity index (χ0) is 15.2. The minimum Gasteiger partial charge on any atom is -0.484 e. The Morgan fingerprint density at radius 2 is 2.19 bits per heavy atom. The fraction of sp³-hybridized carbons (Fsp3) is 0.333. The Morgan fingerprint density at radius 1 is 1.38 bits per heavy atom. The summed E-state index contributed by atoms with van der Waals surface area (Å²) in [6.45, 7) is 4.68. The predicted molar refractivity (Wildman–Crippen MR) is 81.4 cm³/mol. The van der Waals surface area contributed by atoms with E-state index in [-0.39, 0.29) is 12.5 Å². The molecular weight excluding hydrogens is 268 g/mol. The Labute approximate surface area is 123 Å². The molecule has 1 aromatic carbocycles. The van der Waals surface area contributed by atoms with Gasteiger partial charge in [-0.2, -0.15) is 5.10 Å². The van der Waals surface area contributed by atoms with E-state index < -0.39 is 0 Å². The van der Waals surface area contributed by atoms with Crippen LogP contribution in [-0.4, -0.2) is 29.8 Å². The van der Waals surface area contributed by atoms with Crippen molar-refractivity contribution in [2.45, 2.75) is 20.4 Å². The quantitative estimate of drug-likeness (QED) is 0.757. The van der Waals surface area contributed by atoms with Gasteiger partial charge in [-0.25, -0.2) is 0 Å². The van der Waals surface area contributed by atoms with Crippen molar-refractivity contribution < 1.29 is 9.53 Å². The van der Waals surface area contributed by atoms with E-state index in [1.165, 1.54) is 0 Å². The molecule has 3 N–H and O–H groups in total. The zero-order valence-corrected chi connectivity index (χ0v) is 12.5. The second-order valence-corrected chi connectivity index (χ2v) is 4.76. The van der Waals surface area contributed by atoms with Crippen LogP contribution in [-0.2, 0) is 11.3 Å². The van der Waals surface area contributed by atoms with Gasteiger partial charge in [-0.3, -0.25) is 9.89 Å². The number of nitrogens with one attached hydrogen (secondary N) is 3. The minimum absolute atomic E-state index is 0.0138. The van der Waals surface area contributed by atoms with Gasteiger partial charge in [-0.15, -0.1) is 0 Å². The molecule has 112 valence electrons. The van der Waals surface area contributed by atoms with Crippen molar-refractivity contribution in [1.82, 2.24) is 15.5 Å². The zero-order valence-electron chi connectivity index (χ0n) is 12.5. The van der Waals surface area contributed by atoms with Gasteiger partial charge in [-0.1, -0.05) is 6.07 Å². The molecule has 0 aliphatic rings. The number of carbonyl (C=O) groups excluding carboxylic acids is 1. The van der Waals surface area contributed by atoms with E-state index in [1.54, 1.807) is 7.05 Å². The van der Waals surface area contributed by atoms with Crippen LogP contribution in [0, 0.1) is 13.8 Å². The molecule has 0 bridgehead atoms. The van der Waals surface area contributed by atoms with E-state index in [1.807, 2.05) is 38.1 Å². The number of aromatic nitrogens is 2. The van der Waals surface area contributed by atoms with Crippen LogP contribution >= 0.6 is 0 Å². The van der Waals surface area contributed by atoms with Crippen molar-refractivity contribution in [3.8, 4) is 5.75 Å². The van der Waals surface area contributed by atoms with Crippen LogP contribution in [0.2, 0.25) is 0 Å². The van der Waals surface area contributed by atoms with Crippen LogP contribution in [0.5, 0.6) is 5.75 Å². The summed E-state index contributed by atoms with van der Waals surface area (Å²) in [5.74, 6) is 0.502. The van der Waals surface area contributed by atoms with Gasteiger partial charge in [0.25, 0.3) is 5.91 Å². The number of ether oxygens (including phenoxy) is 1. The highest BCUT2D eigenvalue weighted by Gasteiger charge is 2.06. The maximum absolute atomic E-state index is 11.2. The van der Waals surface area contributed by atoms with Crippen LogP contribution in [0.15, 0.2) is 24.3 Å². The lowest BCUT2D eigenvalue weighted by Crippen LogP contribution is -2.24. The molecule has 1 amide bonds. The number of likely N-dealkylation sites (N-methyl/N-ethyl adjacent to an activating group) is 1. The number of aromatic amines is 1. The molecule has 1 heterocycles. The van der Waals surface area contributed by atoms with Gasteiger partial charge >= 0.3 is 0 Å². The third-order valence-corrected chi connectivity index (χ3v) is 3.23. The number of amides is 1. The predicted octanol–water partition coefficient (Wildman–Crippen LogP) is 1.76. The molecule has 0 radical (unpaired) electrons. The lowest BCUT2D eigenvalue weighted by Gasteiger charge is -2.09. The van der Waals surface area contributed by atoms with Crippen molar-refractivity contribution in [2.24, 2.45) is 0 Å². The van der Waals surface area contributed by atoms with Crippen LogP contribution in [0.3, 0.4) is 0 Å². The molecule has 0 saturated heterocycles. The van der Waals surface area contributed by atoms with Crippen LogP contribution in [0.1, 0.15) is 17.0 Å². The number of hydrogen-bond donors (Lipinski definition) is 3. The Balaban J connectivity index is 1.96. The summed E-state index contributed by atoms with van der Waals surface area (Å²) in [6.07, 6.45) is 0. The molecule has 6 nitrogen and oxygen atoms in total. The van der Waals surface area contributed by atoms with Crippen molar-refractivity contribution in [1.29, 1.82) is 0 Å². The Morgan fingerprint density at radius 3 is 2.86 bits per heavy atom. The normalized spacial score (nSPS) is 10.2. The largest absolute Gasteiger partial charge is 0.484 e. The molecule has 0 fully saturated rings. The molecule has 0 spiro atoms. The summed E-state index contributed by atoms with van der Waals surface area (Å²) in [4.78, 5) is 11.2. The molecule has 2 rings (SSSR count). The third-order valence-electron chi connectivity index (χ3n) is 3.23. The molecule has 0 aliphatic carbocycles. The SMILES string of the molecule is CNC(=O)COc1cccc(NCc2c(C)n[nH]c2C)c1.